The summed E-state index contributed by atoms with van der Waals surface area (Å²) in [5.41, 5.74) is 6.74. The highest BCUT2D eigenvalue weighted by Crippen LogP contribution is 2.21. The first-order valence-corrected chi connectivity index (χ1v) is 10.5. The van der Waals surface area contributed by atoms with Crippen LogP contribution in [0.4, 0.5) is 0 Å². The van der Waals surface area contributed by atoms with Gasteiger partial charge in [-0.1, -0.05) is 73.7 Å². The molecule has 3 nitrogen and oxygen atoms in total. The molecule has 0 fully saturated rings. The van der Waals surface area contributed by atoms with Crippen LogP contribution in [0.15, 0.2) is 83.7 Å². The van der Waals surface area contributed by atoms with Gasteiger partial charge in [0.15, 0.2) is 0 Å². The average molecular weight is 405 g/mol. The maximum absolute atomic E-state index is 12.8. The third kappa shape index (κ3) is 4.34. The standard InChI is InChI=1S/C28H24N2O/c1-3-21-13-14-26-20(2)15-28(31)30(27(26)17-21)19-23-11-9-22(10-12-23)16-25(18-29)24-7-5-4-6-8-24/h4-17H,3,19H2,1-2H3. The van der Waals surface area contributed by atoms with Crippen LogP contribution in [-0.4, -0.2) is 4.57 Å². The van der Waals surface area contributed by atoms with Crippen LogP contribution in [0, 0.1) is 18.3 Å². The van der Waals surface area contributed by atoms with E-state index in [4.69, 9.17) is 0 Å². The van der Waals surface area contributed by atoms with E-state index in [1.165, 1.54) is 5.56 Å². The Morgan fingerprint density at radius 3 is 2.35 bits per heavy atom. The Bertz CT molecular complexity index is 1350. The van der Waals surface area contributed by atoms with Crippen molar-refractivity contribution < 1.29 is 0 Å². The minimum absolute atomic E-state index is 0.0121. The number of nitrogens with zero attached hydrogens (tertiary/aromatic N) is 2. The topological polar surface area (TPSA) is 45.8 Å². The molecule has 0 unspecified atom stereocenters. The van der Waals surface area contributed by atoms with E-state index in [9.17, 15) is 10.1 Å². The van der Waals surface area contributed by atoms with Crippen LogP contribution >= 0.6 is 0 Å². The lowest BCUT2D eigenvalue weighted by Crippen LogP contribution is -2.21. The minimum Gasteiger partial charge on any atom is -0.304 e. The molecule has 0 aliphatic heterocycles. The fourth-order valence-corrected chi connectivity index (χ4v) is 3.84. The van der Waals surface area contributed by atoms with E-state index < -0.39 is 0 Å². The summed E-state index contributed by atoms with van der Waals surface area (Å²) in [6, 6.07) is 28.1. The summed E-state index contributed by atoms with van der Waals surface area (Å²) < 4.78 is 1.84. The van der Waals surface area contributed by atoms with Gasteiger partial charge in [0.1, 0.15) is 0 Å². The van der Waals surface area contributed by atoms with Gasteiger partial charge in [-0.05, 0) is 53.3 Å². The fraction of sp³-hybridized carbons (Fsp3) is 0.143. The van der Waals surface area contributed by atoms with Crippen molar-refractivity contribution in [1.82, 2.24) is 4.57 Å². The van der Waals surface area contributed by atoms with E-state index in [-0.39, 0.29) is 5.56 Å². The summed E-state index contributed by atoms with van der Waals surface area (Å²) in [7, 11) is 0. The van der Waals surface area contributed by atoms with Crippen molar-refractivity contribution in [3.63, 3.8) is 0 Å². The average Bonchev–Trinajstić information content (AvgIpc) is 2.81. The van der Waals surface area contributed by atoms with Gasteiger partial charge in [0.25, 0.3) is 5.56 Å². The fourth-order valence-electron chi connectivity index (χ4n) is 3.84. The van der Waals surface area contributed by atoms with Crippen LogP contribution in [0.5, 0.6) is 0 Å². The Labute approximate surface area is 182 Å². The largest absolute Gasteiger partial charge is 0.304 e. The molecule has 0 atom stereocenters. The molecule has 4 aromatic rings. The third-order valence-electron chi connectivity index (χ3n) is 5.63. The van der Waals surface area contributed by atoms with Crippen molar-refractivity contribution in [2.45, 2.75) is 26.8 Å². The second-order valence-electron chi connectivity index (χ2n) is 7.73. The predicted octanol–water partition coefficient (Wildman–Crippen LogP) is 5.98. The molecule has 0 amide bonds. The van der Waals surface area contributed by atoms with Crippen LogP contribution in [-0.2, 0) is 13.0 Å². The van der Waals surface area contributed by atoms with Gasteiger partial charge in [-0.25, -0.2) is 0 Å². The number of hydrogen-bond donors (Lipinski definition) is 0. The Morgan fingerprint density at radius 1 is 0.968 bits per heavy atom. The van der Waals surface area contributed by atoms with E-state index in [1.54, 1.807) is 6.07 Å². The number of aromatic nitrogens is 1. The lowest BCUT2D eigenvalue weighted by molar-refractivity contribution is 0.792. The summed E-state index contributed by atoms with van der Waals surface area (Å²) in [5, 5.41) is 10.6. The molecule has 1 aromatic heterocycles. The third-order valence-corrected chi connectivity index (χ3v) is 5.63. The van der Waals surface area contributed by atoms with Gasteiger partial charge < -0.3 is 4.57 Å². The highest BCUT2D eigenvalue weighted by Gasteiger charge is 2.08. The Balaban J connectivity index is 1.67. The Morgan fingerprint density at radius 2 is 1.68 bits per heavy atom. The summed E-state index contributed by atoms with van der Waals surface area (Å²) in [4.78, 5) is 12.8. The molecule has 152 valence electrons. The van der Waals surface area contributed by atoms with Crippen molar-refractivity contribution >= 4 is 22.6 Å². The van der Waals surface area contributed by atoms with Gasteiger partial charge in [-0.3, -0.25) is 4.79 Å². The lowest BCUT2D eigenvalue weighted by Gasteiger charge is -2.13. The molecule has 0 saturated heterocycles. The van der Waals surface area contributed by atoms with Crippen LogP contribution in [0.1, 0.15) is 34.7 Å². The molecule has 0 spiro atoms. The summed E-state index contributed by atoms with van der Waals surface area (Å²) >= 11 is 0. The highest BCUT2D eigenvalue weighted by molar-refractivity contribution is 5.89. The molecule has 0 N–H and O–H groups in total. The van der Waals surface area contributed by atoms with E-state index in [0.717, 1.165) is 39.6 Å². The number of hydrogen-bond acceptors (Lipinski definition) is 2. The number of aryl methyl sites for hydroxylation is 2. The smallest absolute Gasteiger partial charge is 0.251 e. The predicted molar refractivity (Wildman–Crippen MR) is 128 cm³/mol. The first kappa shape index (κ1) is 20.4. The van der Waals surface area contributed by atoms with Crippen molar-refractivity contribution in [1.29, 1.82) is 5.26 Å². The molecule has 0 bridgehead atoms. The summed E-state index contributed by atoms with van der Waals surface area (Å²) in [5.74, 6) is 0. The first-order valence-electron chi connectivity index (χ1n) is 10.5. The number of benzene rings is 3. The molecular weight excluding hydrogens is 380 g/mol. The van der Waals surface area contributed by atoms with E-state index in [0.29, 0.717) is 12.1 Å². The monoisotopic (exact) mass is 404 g/mol. The van der Waals surface area contributed by atoms with Crippen LogP contribution in [0.3, 0.4) is 0 Å². The molecule has 3 heteroatoms. The quantitative estimate of drug-likeness (QED) is 0.303. The van der Waals surface area contributed by atoms with E-state index >= 15 is 0 Å². The first-order chi connectivity index (χ1) is 15.1. The second kappa shape index (κ2) is 8.85. The molecule has 0 saturated carbocycles. The van der Waals surface area contributed by atoms with E-state index in [2.05, 4.69) is 31.2 Å². The van der Waals surface area contributed by atoms with Gasteiger partial charge in [-0.15, -0.1) is 0 Å². The number of nitriles is 1. The number of rotatable bonds is 5. The molecule has 31 heavy (non-hydrogen) atoms. The van der Waals surface area contributed by atoms with Gasteiger partial charge in [0, 0.05) is 11.5 Å². The Kier molecular flexibility index (Phi) is 5.82. The zero-order chi connectivity index (χ0) is 21.8. The SMILES string of the molecule is CCc1ccc2c(C)cc(=O)n(Cc3ccc(C=C(C#N)c4ccccc4)cc3)c2c1. The zero-order valence-corrected chi connectivity index (χ0v) is 17.8. The summed E-state index contributed by atoms with van der Waals surface area (Å²) in [6.07, 6.45) is 2.82. The molecule has 0 aliphatic rings. The minimum atomic E-state index is 0.0121. The molecule has 1 heterocycles. The molecule has 4 rings (SSSR count). The van der Waals surface area contributed by atoms with Crippen molar-refractivity contribution in [3.05, 3.63) is 117 Å². The van der Waals surface area contributed by atoms with Crippen molar-refractivity contribution in [2.24, 2.45) is 0 Å². The lowest BCUT2D eigenvalue weighted by atomic mass is 10.0. The highest BCUT2D eigenvalue weighted by atomic mass is 16.1. The van der Waals surface area contributed by atoms with E-state index in [1.807, 2.05) is 72.2 Å². The zero-order valence-electron chi connectivity index (χ0n) is 17.8. The maximum atomic E-state index is 12.8. The van der Waals surface area contributed by atoms with Gasteiger partial charge in [0.05, 0.1) is 23.7 Å². The van der Waals surface area contributed by atoms with Gasteiger partial charge >= 0.3 is 0 Å². The summed E-state index contributed by atoms with van der Waals surface area (Å²) in [6.45, 7) is 4.62. The molecular formula is C28H24N2O. The second-order valence-corrected chi connectivity index (χ2v) is 7.73. The van der Waals surface area contributed by atoms with Gasteiger partial charge in [0.2, 0.25) is 0 Å². The van der Waals surface area contributed by atoms with Crippen molar-refractivity contribution in [3.8, 4) is 6.07 Å². The normalized spacial score (nSPS) is 11.5. The van der Waals surface area contributed by atoms with Gasteiger partial charge in [-0.2, -0.15) is 5.26 Å². The molecule has 0 radical (unpaired) electrons. The van der Waals surface area contributed by atoms with Crippen LogP contribution < -0.4 is 5.56 Å². The molecule has 3 aromatic carbocycles. The molecule has 0 aliphatic carbocycles. The van der Waals surface area contributed by atoms with Crippen LogP contribution in [0.2, 0.25) is 0 Å². The number of allylic oxidation sites excluding steroid dienone is 1. The van der Waals surface area contributed by atoms with Crippen LogP contribution in [0.25, 0.3) is 22.6 Å². The Hall–Kier alpha value is -3.90. The maximum Gasteiger partial charge on any atom is 0.251 e. The number of fused-ring (bicyclic) bond motifs is 1. The van der Waals surface area contributed by atoms with Crippen molar-refractivity contribution in [2.75, 3.05) is 0 Å². The number of pyridine rings is 1.